The predicted molar refractivity (Wildman–Crippen MR) is 94.9 cm³/mol. The summed E-state index contributed by atoms with van der Waals surface area (Å²) in [5.74, 6) is 0.131. The van der Waals surface area contributed by atoms with Crippen molar-refractivity contribution in [2.45, 2.75) is 31.3 Å². The molecular weight excluding hydrogens is 298 g/mol. The first-order chi connectivity index (χ1) is 10.0. The van der Waals surface area contributed by atoms with Gasteiger partial charge in [-0.3, -0.25) is 5.41 Å². The highest BCUT2D eigenvalue weighted by Gasteiger charge is 2.19. The molecule has 21 heavy (non-hydrogen) atoms. The van der Waals surface area contributed by atoms with Gasteiger partial charge in [0.1, 0.15) is 5.84 Å². The number of anilines is 1. The SMILES string of the molecule is CSc1cccc(N(Cc2cccs2)C(C)C)c1C(=N)N. The molecule has 112 valence electrons. The van der Waals surface area contributed by atoms with Gasteiger partial charge in [0.05, 0.1) is 12.1 Å². The number of rotatable bonds is 6. The number of thioether (sulfide) groups is 1. The van der Waals surface area contributed by atoms with Gasteiger partial charge in [0.25, 0.3) is 0 Å². The molecule has 0 bridgehead atoms. The van der Waals surface area contributed by atoms with Gasteiger partial charge in [0, 0.05) is 21.5 Å². The van der Waals surface area contributed by atoms with Crippen molar-refractivity contribution in [3.05, 3.63) is 46.2 Å². The molecule has 2 rings (SSSR count). The highest BCUT2D eigenvalue weighted by molar-refractivity contribution is 7.98. The second-order valence-corrected chi connectivity index (χ2v) is 6.95. The monoisotopic (exact) mass is 319 g/mol. The Morgan fingerprint density at radius 1 is 1.33 bits per heavy atom. The molecular formula is C16H21N3S2. The lowest BCUT2D eigenvalue weighted by Gasteiger charge is -2.31. The Labute approximate surface area is 134 Å². The lowest BCUT2D eigenvalue weighted by molar-refractivity contribution is 0.686. The first-order valence-electron chi connectivity index (χ1n) is 6.85. The Hall–Kier alpha value is -1.46. The average Bonchev–Trinajstić information content (AvgIpc) is 2.96. The fourth-order valence-corrected chi connectivity index (χ4v) is 3.65. The van der Waals surface area contributed by atoms with Crippen molar-refractivity contribution in [1.29, 1.82) is 5.41 Å². The number of hydrogen-bond acceptors (Lipinski definition) is 4. The lowest BCUT2D eigenvalue weighted by atomic mass is 10.1. The zero-order valence-electron chi connectivity index (χ0n) is 12.6. The van der Waals surface area contributed by atoms with E-state index < -0.39 is 0 Å². The van der Waals surface area contributed by atoms with E-state index in [1.165, 1.54) is 4.88 Å². The van der Waals surface area contributed by atoms with Crippen LogP contribution in [0.5, 0.6) is 0 Å². The Morgan fingerprint density at radius 2 is 2.10 bits per heavy atom. The van der Waals surface area contributed by atoms with Crippen molar-refractivity contribution in [2.24, 2.45) is 5.73 Å². The van der Waals surface area contributed by atoms with E-state index in [0.29, 0.717) is 6.04 Å². The normalized spacial score (nSPS) is 10.9. The van der Waals surface area contributed by atoms with Gasteiger partial charge in [-0.05, 0) is 43.7 Å². The maximum atomic E-state index is 7.94. The maximum absolute atomic E-state index is 7.94. The van der Waals surface area contributed by atoms with E-state index >= 15 is 0 Å². The highest BCUT2D eigenvalue weighted by atomic mass is 32.2. The van der Waals surface area contributed by atoms with Crippen LogP contribution in [0.25, 0.3) is 0 Å². The first kappa shape index (κ1) is 15.9. The number of nitrogens with one attached hydrogen (secondary N) is 1. The van der Waals surface area contributed by atoms with Crippen LogP contribution in [0.2, 0.25) is 0 Å². The van der Waals surface area contributed by atoms with E-state index in [-0.39, 0.29) is 5.84 Å². The molecule has 0 radical (unpaired) electrons. The fraction of sp³-hybridized carbons (Fsp3) is 0.312. The second kappa shape index (κ2) is 7.00. The summed E-state index contributed by atoms with van der Waals surface area (Å²) in [5, 5.41) is 10.0. The molecule has 1 aromatic carbocycles. The summed E-state index contributed by atoms with van der Waals surface area (Å²) in [6.45, 7) is 5.18. The number of nitrogens with zero attached hydrogens (tertiary/aromatic N) is 1. The van der Waals surface area contributed by atoms with E-state index in [1.807, 2.05) is 18.4 Å². The molecule has 3 nitrogen and oxygen atoms in total. The van der Waals surface area contributed by atoms with Gasteiger partial charge in [0.15, 0.2) is 0 Å². The topological polar surface area (TPSA) is 53.1 Å². The summed E-state index contributed by atoms with van der Waals surface area (Å²) in [6.07, 6.45) is 2.02. The van der Waals surface area contributed by atoms with E-state index in [2.05, 4.69) is 42.3 Å². The molecule has 1 aromatic heterocycles. The van der Waals surface area contributed by atoms with Crippen LogP contribution in [0.3, 0.4) is 0 Å². The zero-order valence-corrected chi connectivity index (χ0v) is 14.2. The van der Waals surface area contributed by atoms with E-state index in [9.17, 15) is 0 Å². The van der Waals surface area contributed by atoms with Crippen molar-refractivity contribution in [3.8, 4) is 0 Å². The second-order valence-electron chi connectivity index (χ2n) is 5.07. The van der Waals surface area contributed by atoms with Gasteiger partial charge in [-0.1, -0.05) is 12.1 Å². The molecule has 0 aliphatic carbocycles. The van der Waals surface area contributed by atoms with Crippen molar-refractivity contribution in [1.82, 2.24) is 0 Å². The summed E-state index contributed by atoms with van der Waals surface area (Å²) < 4.78 is 0. The molecule has 3 N–H and O–H groups in total. The summed E-state index contributed by atoms with van der Waals surface area (Å²) in [4.78, 5) is 4.67. The minimum absolute atomic E-state index is 0.131. The quantitative estimate of drug-likeness (QED) is 0.477. The van der Waals surface area contributed by atoms with Crippen molar-refractivity contribution < 1.29 is 0 Å². The van der Waals surface area contributed by atoms with Crippen LogP contribution in [0.1, 0.15) is 24.3 Å². The van der Waals surface area contributed by atoms with Gasteiger partial charge in [0.2, 0.25) is 0 Å². The van der Waals surface area contributed by atoms with Crippen molar-refractivity contribution in [2.75, 3.05) is 11.2 Å². The first-order valence-corrected chi connectivity index (χ1v) is 8.95. The summed E-state index contributed by atoms with van der Waals surface area (Å²) in [6, 6.07) is 10.7. The minimum atomic E-state index is 0.131. The van der Waals surface area contributed by atoms with Crippen LogP contribution in [-0.2, 0) is 6.54 Å². The molecule has 0 amide bonds. The van der Waals surface area contributed by atoms with Crippen LogP contribution in [0.4, 0.5) is 5.69 Å². The molecule has 0 saturated heterocycles. The molecule has 0 spiro atoms. The Kier molecular flexibility index (Phi) is 5.31. The van der Waals surface area contributed by atoms with Crippen LogP contribution in [-0.4, -0.2) is 18.1 Å². The number of hydrogen-bond donors (Lipinski definition) is 2. The minimum Gasteiger partial charge on any atom is -0.384 e. The third kappa shape index (κ3) is 3.60. The Bertz CT molecular complexity index is 606. The molecule has 1 heterocycles. The number of amidine groups is 1. The lowest BCUT2D eigenvalue weighted by Crippen LogP contribution is -2.32. The zero-order chi connectivity index (χ0) is 15.4. The fourth-order valence-electron chi connectivity index (χ4n) is 2.32. The Morgan fingerprint density at radius 3 is 2.62 bits per heavy atom. The van der Waals surface area contributed by atoms with E-state index in [1.54, 1.807) is 23.1 Å². The molecule has 0 aliphatic rings. The summed E-state index contributed by atoms with van der Waals surface area (Å²) in [7, 11) is 0. The third-order valence-electron chi connectivity index (χ3n) is 3.33. The van der Waals surface area contributed by atoms with Crippen LogP contribution in [0, 0.1) is 5.41 Å². The highest BCUT2D eigenvalue weighted by Crippen LogP contribution is 2.32. The molecule has 0 unspecified atom stereocenters. The maximum Gasteiger partial charge on any atom is 0.126 e. The van der Waals surface area contributed by atoms with Gasteiger partial charge in [-0.25, -0.2) is 0 Å². The summed E-state index contributed by atoms with van der Waals surface area (Å²) in [5.41, 5.74) is 7.73. The van der Waals surface area contributed by atoms with Crippen LogP contribution < -0.4 is 10.6 Å². The third-order valence-corrected chi connectivity index (χ3v) is 4.97. The molecule has 0 fully saturated rings. The molecule has 0 aliphatic heterocycles. The van der Waals surface area contributed by atoms with E-state index in [4.69, 9.17) is 11.1 Å². The average molecular weight is 319 g/mol. The van der Waals surface area contributed by atoms with Gasteiger partial charge >= 0.3 is 0 Å². The molecule has 2 aromatic rings. The standard InChI is InChI=1S/C16H21N3S2/c1-11(2)19(10-12-6-5-9-21-12)13-7-4-8-14(20-3)15(13)16(17)18/h4-9,11H,10H2,1-3H3,(H3,17,18). The molecule has 5 heteroatoms. The van der Waals surface area contributed by atoms with Gasteiger partial charge in [-0.15, -0.1) is 23.1 Å². The number of benzene rings is 1. The van der Waals surface area contributed by atoms with Crippen molar-refractivity contribution >= 4 is 34.6 Å². The van der Waals surface area contributed by atoms with Crippen molar-refractivity contribution in [3.63, 3.8) is 0 Å². The largest absolute Gasteiger partial charge is 0.384 e. The van der Waals surface area contributed by atoms with Crippen LogP contribution >= 0.6 is 23.1 Å². The number of nitrogens with two attached hydrogens (primary N) is 1. The molecule has 0 saturated carbocycles. The Balaban J connectivity index is 2.47. The van der Waals surface area contributed by atoms with E-state index in [0.717, 1.165) is 22.7 Å². The van der Waals surface area contributed by atoms with Gasteiger partial charge < -0.3 is 10.6 Å². The predicted octanol–water partition coefficient (Wildman–Crippen LogP) is 4.17. The summed E-state index contributed by atoms with van der Waals surface area (Å²) >= 11 is 3.39. The van der Waals surface area contributed by atoms with Crippen LogP contribution in [0.15, 0.2) is 40.6 Å². The smallest absolute Gasteiger partial charge is 0.126 e. The number of nitrogen functional groups attached to an aromatic ring is 1. The van der Waals surface area contributed by atoms with Gasteiger partial charge in [-0.2, -0.15) is 0 Å². The molecule has 0 atom stereocenters. The number of thiophene rings is 1.